The first kappa shape index (κ1) is 21.8. The van der Waals surface area contributed by atoms with Crippen LogP contribution in [0.4, 0.5) is 0 Å². The minimum absolute atomic E-state index is 0.128. The Morgan fingerprint density at radius 1 is 1.14 bits per heavy atom. The average Bonchev–Trinajstić information content (AvgIpc) is 3.12. The quantitative estimate of drug-likeness (QED) is 0.583. The summed E-state index contributed by atoms with van der Waals surface area (Å²) in [5, 5.41) is 0.903. The first-order chi connectivity index (χ1) is 14.0. The van der Waals surface area contributed by atoms with Gasteiger partial charge in [0.05, 0.1) is 12.8 Å². The summed E-state index contributed by atoms with van der Waals surface area (Å²) in [4.78, 5) is 23.1. The molecule has 6 heteroatoms. The zero-order chi connectivity index (χ0) is 20.8. The van der Waals surface area contributed by atoms with Gasteiger partial charge in [-0.15, -0.1) is 11.3 Å². The van der Waals surface area contributed by atoms with Crippen molar-refractivity contribution in [2.75, 3.05) is 39.8 Å². The van der Waals surface area contributed by atoms with E-state index in [0.29, 0.717) is 0 Å². The Bertz CT molecular complexity index is 826. The maximum Gasteiger partial charge on any atom is 0.265 e. The fourth-order valence-corrected chi connectivity index (χ4v) is 4.92. The smallest absolute Gasteiger partial charge is 0.265 e. The van der Waals surface area contributed by atoms with Crippen LogP contribution < -0.4 is 4.74 Å². The van der Waals surface area contributed by atoms with E-state index >= 15 is 0 Å². The lowest BCUT2D eigenvalue weighted by atomic mass is 10.1. The molecule has 2 heterocycles. The topological polar surface area (TPSA) is 45.7 Å². The number of benzene rings is 1. The molecule has 1 saturated heterocycles. The second kappa shape index (κ2) is 10.2. The number of ether oxygens (including phenoxy) is 1. The maximum atomic E-state index is 13.1. The summed E-state index contributed by atoms with van der Waals surface area (Å²) in [5.74, 6) is 0.964. The molecular weight excluding hydrogens is 382 g/mol. The van der Waals surface area contributed by atoms with Gasteiger partial charge in [-0.2, -0.15) is 0 Å². The number of carbonyl (C=O) groups excluding carboxylic acids is 1. The zero-order valence-corrected chi connectivity index (χ0v) is 19.0. The van der Waals surface area contributed by atoms with Crippen LogP contribution in [0.5, 0.6) is 5.75 Å². The van der Waals surface area contributed by atoms with E-state index in [9.17, 15) is 4.79 Å². The molecule has 0 bridgehead atoms. The van der Waals surface area contributed by atoms with E-state index in [1.807, 2.05) is 30.0 Å². The predicted octanol–water partition coefficient (Wildman–Crippen LogP) is 4.77. The number of hydrogen-bond donors (Lipinski definition) is 0. The van der Waals surface area contributed by atoms with E-state index < -0.39 is 0 Å². The van der Waals surface area contributed by atoms with E-state index in [1.165, 1.54) is 37.0 Å². The SMILES string of the molecule is CCCCCCN1CCN(C(=O)c2sc(-c3ccc(OC)cc3C)nc2C)CC1. The number of methoxy groups -OCH3 is 1. The normalized spacial score (nSPS) is 15.0. The molecule has 0 unspecified atom stereocenters. The monoisotopic (exact) mass is 415 g/mol. The molecule has 158 valence electrons. The van der Waals surface area contributed by atoms with Gasteiger partial charge in [-0.3, -0.25) is 9.69 Å². The summed E-state index contributed by atoms with van der Waals surface area (Å²) >= 11 is 1.51. The van der Waals surface area contributed by atoms with Crippen LogP contribution in [0.2, 0.25) is 0 Å². The summed E-state index contributed by atoms with van der Waals surface area (Å²) in [7, 11) is 1.67. The lowest BCUT2D eigenvalue weighted by Crippen LogP contribution is -2.48. The van der Waals surface area contributed by atoms with E-state index in [1.54, 1.807) is 7.11 Å². The number of amides is 1. The number of thiazole rings is 1. The average molecular weight is 416 g/mol. The third-order valence-corrected chi connectivity index (χ3v) is 6.82. The fraction of sp³-hybridized carbons (Fsp3) is 0.565. The number of hydrogen-bond acceptors (Lipinski definition) is 5. The molecule has 5 nitrogen and oxygen atoms in total. The highest BCUT2D eigenvalue weighted by molar-refractivity contribution is 7.17. The van der Waals surface area contributed by atoms with Crippen molar-refractivity contribution in [1.82, 2.24) is 14.8 Å². The largest absolute Gasteiger partial charge is 0.497 e. The van der Waals surface area contributed by atoms with E-state index in [0.717, 1.165) is 65.2 Å². The van der Waals surface area contributed by atoms with Gasteiger partial charge >= 0.3 is 0 Å². The van der Waals surface area contributed by atoms with Gasteiger partial charge in [0.1, 0.15) is 15.6 Å². The van der Waals surface area contributed by atoms with Gasteiger partial charge in [0.2, 0.25) is 0 Å². The number of carbonyl (C=O) groups is 1. The molecule has 29 heavy (non-hydrogen) atoms. The van der Waals surface area contributed by atoms with Crippen LogP contribution in [0, 0.1) is 13.8 Å². The standard InChI is InChI=1S/C23H33N3O2S/c1-5-6-7-8-11-25-12-14-26(15-13-25)23(27)21-18(3)24-22(29-21)20-10-9-19(28-4)16-17(20)2/h9-10,16H,5-8,11-15H2,1-4H3. The van der Waals surface area contributed by atoms with Crippen molar-refractivity contribution in [3.63, 3.8) is 0 Å². The van der Waals surface area contributed by atoms with Crippen molar-refractivity contribution in [2.45, 2.75) is 46.5 Å². The molecule has 1 aromatic heterocycles. The van der Waals surface area contributed by atoms with Crippen molar-refractivity contribution in [2.24, 2.45) is 0 Å². The van der Waals surface area contributed by atoms with Gasteiger partial charge in [0, 0.05) is 31.7 Å². The molecule has 2 aromatic rings. The van der Waals surface area contributed by atoms with Crippen LogP contribution in [0.3, 0.4) is 0 Å². The molecule has 1 aliphatic rings. The third kappa shape index (κ3) is 5.37. The van der Waals surface area contributed by atoms with Crippen LogP contribution in [0.25, 0.3) is 10.6 Å². The van der Waals surface area contributed by atoms with Crippen LogP contribution in [-0.4, -0.2) is 60.5 Å². The molecule has 1 fully saturated rings. The van der Waals surface area contributed by atoms with E-state index in [4.69, 9.17) is 9.72 Å². The van der Waals surface area contributed by atoms with Gasteiger partial charge in [0.25, 0.3) is 5.91 Å². The second-order valence-corrected chi connectivity index (χ2v) is 8.81. The Morgan fingerprint density at radius 3 is 2.55 bits per heavy atom. The molecule has 0 radical (unpaired) electrons. The van der Waals surface area contributed by atoms with Crippen molar-refractivity contribution in [1.29, 1.82) is 0 Å². The molecule has 0 N–H and O–H groups in total. The van der Waals surface area contributed by atoms with Crippen molar-refractivity contribution in [3.8, 4) is 16.3 Å². The minimum Gasteiger partial charge on any atom is -0.497 e. The number of aromatic nitrogens is 1. The number of nitrogens with zero attached hydrogens (tertiary/aromatic N) is 3. The summed E-state index contributed by atoms with van der Waals surface area (Å²) in [6.07, 6.45) is 5.16. The van der Waals surface area contributed by atoms with Crippen molar-refractivity contribution in [3.05, 3.63) is 34.3 Å². The first-order valence-electron chi connectivity index (χ1n) is 10.7. The van der Waals surface area contributed by atoms with E-state index in [2.05, 4.69) is 18.7 Å². The Morgan fingerprint density at radius 2 is 1.90 bits per heavy atom. The molecule has 0 aliphatic carbocycles. The highest BCUT2D eigenvalue weighted by atomic mass is 32.1. The molecule has 1 aliphatic heterocycles. The number of aryl methyl sites for hydroxylation is 2. The Kier molecular flexibility index (Phi) is 7.67. The van der Waals surface area contributed by atoms with E-state index in [-0.39, 0.29) is 5.91 Å². The Balaban J connectivity index is 1.62. The fourth-order valence-electron chi connectivity index (χ4n) is 3.79. The Hall–Kier alpha value is -1.92. The third-order valence-electron chi connectivity index (χ3n) is 5.64. The molecule has 0 saturated carbocycles. The molecule has 1 aromatic carbocycles. The maximum absolute atomic E-state index is 13.1. The number of unbranched alkanes of at least 4 members (excludes halogenated alkanes) is 3. The number of rotatable bonds is 8. The minimum atomic E-state index is 0.128. The van der Waals surface area contributed by atoms with Crippen LogP contribution in [0.15, 0.2) is 18.2 Å². The van der Waals surface area contributed by atoms with Crippen LogP contribution >= 0.6 is 11.3 Å². The van der Waals surface area contributed by atoms with Gasteiger partial charge in [-0.05, 0) is 50.6 Å². The Labute approximate surface area is 178 Å². The second-order valence-electron chi connectivity index (χ2n) is 7.81. The summed E-state index contributed by atoms with van der Waals surface area (Å²) in [5.41, 5.74) is 3.00. The van der Waals surface area contributed by atoms with Gasteiger partial charge in [0.15, 0.2) is 0 Å². The highest BCUT2D eigenvalue weighted by Gasteiger charge is 2.25. The van der Waals surface area contributed by atoms with Gasteiger partial charge in [-0.1, -0.05) is 26.2 Å². The summed E-state index contributed by atoms with van der Waals surface area (Å²) < 4.78 is 5.30. The zero-order valence-electron chi connectivity index (χ0n) is 18.2. The van der Waals surface area contributed by atoms with Crippen LogP contribution in [-0.2, 0) is 0 Å². The summed E-state index contributed by atoms with van der Waals surface area (Å²) in [6.45, 7) is 10.9. The van der Waals surface area contributed by atoms with Crippen LogP contribution in [0.1, 0.15) is 53.5 Å². The first-order valence-corrected chi connectivity index (χ1v) is 11.5. The van der Waals surface area contributed by atoms with Crippen molar-refractivity contribution >= 4 is 17.2 Å². The summed E-state index contributed by atoms with van der Waals surface area (Å²) in [6, 6.07) is 5.98. The van der Waals surface area contributed by atoms with Gasteiger partial charge < -0.3 is 9.64 Å². The van der Waals surface area contributed by atoms with Crippen molar-refractivity contribution < 1.29 is 9.53 Å². The lowest BCUT2D eigenvalue weighted by Gasteiger charge is -2.34. The highest BCUT2D eigenvalue weighted by Crippen LogP contribution is 2.32. The number of piperazine rings is 1. The molecule has 0 atom stereocenters. The lowest BCUT2D eigenvalue weighted by molar-refractivity contribution is 0.0639. The molecular formula is C23H33N3O2S. The predicted molar refractivity (Wildman–Crippen MR) is 120 cm³/mol. The molecule has 1 amide bonds. The molecule has 0 spiro atoms. The van der Waals surface area contributed by atoms with Gasteiger partial charge in [-0.25, -0.2) is 4.98 Å². The molecule has 3 rings (SSSR count).